The maximum absolute atomic E-state index is 5.13. The molecule has 0 radical (unpaired) electrons. The summed E-state index contributed by atoms with van der Waals surface area (Å²) in [7, 11) is 0. The minimum atomic E-state index is 0.710. The summed E-state index contributed by atoms with van der Waals surface area (Å²) in [4.78, 5) is 10.1. The van der Waals surface area contributed by atoms with Gasteiger partial charge in [-0.1, -0.05) is 146 Å². The summed E-state index contributed by atoms with van der Waals surface area (Å²) in [6.45, 7) is 0. The van der Waals surface area contributed by atoms with Gasteiger partial charge >= 0.3 is 0 Å². The zero-order valence-electron chi connectivity index (χ0n) is 25.6. The van der Waals surface area contributed by atoms with E-state index in [1.54, 1.807) is 0 Å². The van der Waals surface area contributed by atoms with E-state index in [2.05, 4.69) is 156 Å². The summed E-state index contributed by atoms with van der Waals surface area (Å²) >= 11 is 0. The fraction of sp³-hybridized carbons (Fsp3) is 0. The molecule has 0 aliphatic heterocycles. The Hall–Kier alpha value is -6.32. The standard InChI is InChI=1S/C44H29N3/c1-4-15-30(16-5-1)39-29-40(46-44(45-39)32-19-8-3-9-20-32)34-22-14-23-35(27-34)47-41-26-13-12-25-37(41)38-28-33-21-10-11-24-36(33)42(43(38)47)31-17-6-2-7-18-31/h1-29H. The van der Waals surface area contributed by atoms with E-state index < -0.39 is 0 Å². The van der Waals surface area contributed by atoms with Crippen molar-refractivity contribution in [3.63, 3.8) is 0 Å². The van der Waals surface area contributed by atoms with Gasteiger partial charge in [0.05, 0.1) is 22.4 Å². The summed E-state index contributed by atoms with van der Waals surface area (Å²) in [6, 6.07) is 62.0. The second kappa shape index (κ2) is 11.2. The molecular formula is C44H29N3. The highest BCUT2D eigenvalue weighted by Crippen LogP contribution is 2.43. The van der Waals surface area contributed by atoms with E-state index in [0.29, 0.717) is 5.82 Å². The van der Waals surface area contributed by atoms with Gasteiger partial charge in [-0.25, -0.2) is 9.97 Å². The molecule has 0 N–H and O–H groups in total. The molecule has 0 bridgehead atoms. The van der Waals surface area contributed by atoms with Gasteiger partial charge < -0.3 is 4.57 Å². The van der Waals surface area contributed by atoms with Crippen LogP contribution in [0.5, 0.6) is 0 Å². The van der Waals surface area contributed by atoms with Crippen LogP contribution in [0.15, 0.2) is 176 Å². The first-order valence-electron chi connectivity index (χ1n) is 15.9. The summed E-state index contributed by atoms with van der Waals surface area (Å²) in [6.07, 6.45) is 0. The van der Waals surface area contributed by atoms with Crippen molar-refractivity contribution in [1.82, 2.24) is 14.5 Å². The van der Waals surface area contributed by atoms with Crippen molar-refractivity contribution in [2.75, 3.05) is 0 Å². The molecule has 47 heavy (non-hydrogen) atoms. The van der Waals surface area contributed by atoms with Gasteiger partial charge in [-0.15, -0.1) is 0 Å². The van der Waals surface area contributed by atoms with Crippen LogP contribution in [0, 0.1) is 0 Å². The number of rotatable bonds is 5. The van der Waals surface area contributed by atoms with E-state index >= 15 is 0 Å². The lowest BCUT2D eigenvalue weighted by molar-refractivity contribution is 1.17. The summed E-state index contributed by atoms with van der Waals surface area (Å²) in [5.74, 6) is 0.710. The number of nitrogens with zero attached hydrogens (tertiary/aromatic N) is 3. The first-order chi connectivity index (χ1) is 23.3. The highest BCUT2D eigenvalue weighted by atomic mass is 15.0. The highest BCUT2D eigenvalue weighted by Gasteiger charge is 2.20. The van der Waals surface area contributed by atoms with Crippen molar-refractivity contribution in [3.8, 4) is 50.7 Å². The Morgan fingerprint density at radius 3 is 1.70 bits per heavy atom. The zero-order valence-corrected chi connectivity index (χ0v) is 25.6. The van der Waals surface area contributed by atoms with Crippen LogP contribution in [0.25, 0.3) is 83.3 Å². The fourth-order valence-electron chi connectivity index (χ4n) is 6.83. The molecule has 7 aromatic carbocycles. The summed E-state index contributed by atoms with van der Waals surface area (Å²) < 4.78 is 2.43. The van der Waals surface area contributed by atoms with Gasteiger partial charge in [0.2, 0.25) is 0 Å². The largest absolute Gasteiger partial charge is 0.309 e. The molecular weight excluding hydrogens is 571 g/mol. The zero-order chi connectivity index (χ0) is 31.2. The van der Waals surface area contributed by atoms with Crippen LogP contribution in [-0.4, -0.2) is 14.5 Å². The lowest BCUT2D eigenvalue weighted by Gasteiger charge is -2.15. The number of hydrogen-bond acceptors (Lipinski definition) is 2. The molecule has 0 aliphatic carbocycles. The average molecular weight is 600 g/mol. The second-order valence-electron chi connectivity index (χ2n) is 11.8. The smallest absolute Gasteiger partial charge is 0.160 e. The summed E-state index contributed by atoms with van der Waals surface area (Å²) in [5, 5.41) is 4.94. The number of fused-ring (bicyclic) bond motifs is 4. The normalized spacial score (nSPS) is 11.4. The van der Waals surface area contributed by atoms with Gasteiger partial charge in [0.25, 0.3) is 0 Å². The topological polar surface area (TPSA) is 30.7 Å². The van der Waals surface area contributed by atoms with E-state index in [-0.39, 0.29) is 0 Å². The number of hydrogen-bond donors (Lipinski definition) is 0. The Morgan fingerprint density at radius 2 is 0.957 bits per heavy atom. The van der Waals surface area contributed by atoms with Crippen LogP contribution in [0.1, 0.15) is 0 Å². The van der Waals surface area contributed by atoms with E-state index in [9.17, 15) is 0 Å². The van der Waals surface area contributed by atoms with Crippen molar-refractivity contribution in [3.05, 3.63) is 176 Å². The molecule has 2 heterocycles. The third-order valence-electron chi connectivity index (χ3n) is 8.97. The predicted molar refractivity (Wildman–Crippen MR) is 196 cm³/mol. The first kappa shape index (κ1) is 27.0. The molecule has 0 atom stereocenters. The van der Waals surface area contributed by atoms with Crippen molar-refractivity contribution < 1.29 is 0 Å². The van der Waals surface area contributed by atoms with Crippen LogP contribution < -0.4 is 0 Å². The maximum Gasteiger partial charge on any atom is 0.160 e. The molecule has 9 aromatic rings. The van der Waals surface area contributed by atoms with Gasteiger partial charge in [0.1, 0.15) is 0 Å². The molecule has 3 nitrogen and oxygen atoms in total. The van der Waals surface area contributed by atoms with Gasteiger partial charge in [0.15, 0.2) is 5.82 Å². The molecule has 0 unspecified atom stereocenters. The predicted octanol–water partition coefficient (Wildman–Crippen LogP) is 11.4. The van der Waals surface area contributed by atoms with Crippen molar-refractivity contribution >= 4 is 32.6 Å². The van der Waals surface area contributed by atoms with E-state index in [0.717, 1.165) is 33.8 Å². The molecule has 3 heteroatoms. The van der Waals surface area contributed by atoms with Crippen LogP contribution in [0.4, 0.5) is 0 Å². The van der Waals surface area contributed by atoms with Gasteiger partial charge in [0, 0.05) is 38.7 Å². The van der Waals surface area contributed by atoms with Crippen LogP contribution in [0.3, 0.4) is 0 Å². The number of para-hydroxylation sites is 1. The molecule has 2 aromatic heterocycles. The molecule has 0 fully saturated rings. The Bertz CT molecular complexity index is 2490. The molecule has 0 spiro atoms. The Balaban J connectivity index is 1.32. The van der Waals surface area contributed by atoms with Gasteiger partial charge in [-0.05, 0) is 46.7 Å². The molecule has 0 aliphatic rings. The SMILES string of the molecule is c1ccc(-c2cc(-c3cccc(-n4c5ccccc5c5cc6ccccc6c(-c6ccccc6)c54)c3)nc(-c3ccccc3)n2)cc1. The fourth-order valence-corrected chi connectivity index (χ4v) is 6.83. The second-order valence-corrected chi connectivity index (χ2v) is 11.8. The monoisotopic (exact) mass is 599 g/mol. The number of aromatic nitrogens is 3. The van der Waals surface area contributed by atoms with Crippen molar-refractivity contribution in [1.29, 1.82) is 0 Å². The van der Waals surface area contributed by atoms with Gasteiger partial charge in [-0.3, -0.25) is 0 Å². The van der Waals surface area contributed by atoms with Crippen LogP contribution >= 0.6 is 0 Å². The van der Waals surface area contributed by atoms with Crippen molar-refractivity contribution in [2.45, 2.75) is 0 Å². The lowest BCUT2D eigenvalue weighted by atomic mass is 9.95. The molecule has 9 rings (SSSR count). The van der Waals surface area contributed by atoms with Crippen molar-refractivity contribution in [2.24, 2.45) is 0 Å². The molecule has 0 amide bonds. The average Bonchev–Trinajstić information content (AvgIpc) is 3.48. The Morgan fingerprint density at radius 1 is 0.383 bits per heavy atom. The van der Waals surface area contributed by atoms with Crippen LogP contribution in [-0.2, 0) is 0 Å². The lowest BCUT2D eigenvalue weighted by Crippen LogP contribution is -1.98. The minimum absolute atomic E-state index is 0.710. The summed E-state index contributed by atoms with van der Waals surface area (Å²) in [5.41, 5.74) is 10.8. The molecule has 220 valence electrons. The Kier molecular flexibility index (Phi) is 6.46. The molecule has 0 saturated carbocycles. The third kappa shape index (κ3) is 4.68. The van der Waals surface area contributed by atoms with Crippen LogP contribution in [0.2, 0.25) is 0 Å². The third-order valence-corrected chi connectivity index (χ3v) is 8.97. The molecule has 0 saturated heterocycles. The van der Waals surface area contributed by atoms with E-state index in [1.165, 1.54) is 43.7 Å². The van der Waals surface area contributed by atoms with Gasteiger partial charge in [-0.2, -0.15) is 0 Å². The Labute approximate surface area is 273 Å². The minimum Gasteiger partial charge on any atom is -0.309 e. The van der Waals surface area contributed by atoms with E-state index in [4.69, 9.17) is 9.97 Å². The quantitative estimate of drug-likeness (QED) is 0.197. The van der Waals surface area contributed by atoms with E-state index in [1.807, 2.05) is 24.3 Å². The first-order valence-corrected chi connectivity index (χ1v) is 15.9. The number of benzene rings is 7. The maximum atomic E-state index is 5.13. The highest BCUT2D eigenvalue weighted by molar-refractivity contribution is 6.21.